The molecule has 0 unspecified atom stereocenters. The van der Waals surface area contributed by atoms with Gasteiger partial charge >= 0.3 is 6.09 Å². The first kappa shape index (κ1) is 25.2. The Kier molecular flexibility index (Phi) is 6.97. The molecule has 4 heterocycles. The van der Waals surface area contributed by atoms with Crippen LogP contribution in [0.5, 0.6) is 11.8 Å². The van der Waals surface area contributed by atoms with Crippen molar-refractivity contribution in [2.75, 3.05) is 19.0 Å². The third kappa shape index (κ3) is 5.44. The lowest BCUT2D eigenvalue weighted by Crippen LogP contribution is -2.25. The van der Waals surface area contributed by atoms with Crippen LogP contribution in [0, 0.1) is 19.7 Å². The van der Waals surface area contributed by atoms with Gasteiger partial charge in [-0.15, -0.1) is 0 Å². The van der Waals surface area contributed by atoms with Crippen LogP contribution in [0.4, 0.5) is 14.9 Å². The average Bonchev–Trinajstić information content (AvgIpc) is 3.30. The molecule has 1 aromatic carbocycles. The number of pyridine rings is 2. The lowest BCUT2D eigenvalue weighted by molar-refractivity contribution is 0.0827. The Balaban J connectivity index is 1.31. The molecule has 10 nitrogen and oxygen atoms in total. The number of nitrogens with one attached hydrogen (secondary N) is 1. The van der Waals surface area contributed by atoms with Crippen molar-refractivity contribution in [2.24, 2.45) is 0 Å². The molecule has 0 radical (unpaired) electrons. The number of rotatable bonds is 7. The van der Waals surface area contributed by atoms with Crippen LogP contribution in [0.1, 0.15) is 18.2 Å². The summed E-state index contributed by atoms with van der Waals surface area (Å²) in [7, 11) is 1.53. The Morgan fingerprint density at radius 2 is 1.92 bits per heavy atom. The first-order valence-electron chi connectivity index (χ1n) is 11.6. The third-order valence-electron chi connectivity index (χ3n) is 5.43. The number of aryl methyl sites for hydroxylation is 2. The molecule has 1 amide bonds. The summed E-state index contributed by atoms with van der Waals surface area (Å²) in [6, 6.07) is 8.61. The predicted molar refractivity (Wildman–Crippen MR) is 141 cm³/mol. The highest BCUT2D eigenvalue weighted by molar-refractivity contribution is 7.21. The summed E-state index contributed by atoms with van der Waals surface area (Å²) in [5, 5.41) is 3.20. The van der Waals surface area contributed by atoms with Crippen LogP contribution in [-0.2, 0) is 4.74 Å². The van der Waals surface area contributed by atoms with Crippen LogP contribution in [-0.4, -0.2) is 50.8 Å². The molecule has 38 heavy (non-hydrogen) atoms. The molecule has 1 atom stereocenters. The van der Waals surface area contributed by atoms with Gasteiger partial charge in [0.15, 0.2) is 5.82 Å². The number of anilines is 1. The molecule has 12 heteroatoms. The molecule has 0 aliphatic heterocycles. The summed E-state index contributed by atoms with van der Waals surface area (Å²) in [4.78, 5) is 34.6. The quantitative estimate of drug-likeness (QED) is 0.289. The van der Waals surface area contributed by atoms with Crippen molar-refractivity contribution in [3.8, 4) is 22.3 Å². The van der Waals surface area contributed by atoms with Crippen LogP contribution in [0.2, 0.25) is 0 Å². The number of benzene rings is 1. The maximum absolute atomic E-state index is 14.8. The van der Waals surface area contributed by atoms with Gasteiger partial charge in [-0.25, -0.2) is 24.1 Å². The molecule has 4 aromatic heterocycles. The Morgan fingerprint density at radius 1 is 1.08 bits per heavy atom. The van der Waals surface area contributed by atoms with E-state index in [0.29, 0.717) is 38.0 Å². The highest BCUT2D eigenvalue weighted by atomic mass is 32.1. The molecule has 0 aliphatic rings. The van der Waals surface area contributed by atoms with Gasteiger partial charge in [0, 0.05) is 17.3 Å². The van der Waals surface area contributed by atoms with Crippen molar-refractivity contribution >= 4 is 44.5 Å². The number of thiazole rings is 1. The Morgan fingerprint density at radius 3 is 2.68 bits per heavy atom. The smallest absolute Gasteiger partial charge is 0.412 e. The van der Waals surface area contributed by atoms with Gasteiger partial charge in [-0.05, 0) is 50.6 Å². The number of amides is 1. The van der Waals surface area contributed by atoms with Crippen molar-refractivity contribution in [2.45, 2.75) is 26.9 Å². The predicted octanol–water partition coefficient (Wildman–Crippen LogP) is 5.48. The average molecular weight is 535 g/mol. The lowest BCUT2D eigenvalue weighted by Gasteiger charge is -2.14. The van der Waals surface area contributed by atoms with Crippen LogP contribution in [0.25, 0.3) is 32.0 Å². The number of hydrogen-bond donors (Lipinski definition) is 1. The normalized spacial score (nSPS) is 11.9. The van der Waals surface area contributed by atoms with Crippen molar-refractivity contribution in [1.29, 1.82) is 0 Å². The minimum atomic E-state index is -0.672. The molecule has 0 fully saturated rings. The minimum absolute atomic E-state index is 0.0966. The first-order chi connectivity index (χ1) is 18.3. The van der Waals surface area contributed by atoms with Crippen molar-refractivity contribution in [3.63, 3.8) is 0 Å². The van der Waals surface area contributed by atoms with Crippen molar-refractivity contribution < 1.29 is 23.4 Å². The highest BCUT2D eigenvalue weighted by Crippen LogP contribution is 2.35. The zero-order chi connectivity index (χ0) is 26.8. The van der Waals surface area contributed by atoms with Gasteiger partial charge in [0.25, 0.3) is 5.88 Å². The maximum atomic E-state index is 14.8. The second-order valence-electron chi connectivity index (χ2n) is 8.55. The number of halogens is 1. The van der Waals surface area contributed by atoms with Crippen LogP contribution >= 0.6 is 11.3 Å². The van der Waals surface area contributed by atoms with Gasteiger partial charge in [0.05, 0.1) is 36.2 Å². The number of hydrogen-bond acceptors (Lipinski definition) is 10. The van der Waals surface area contributed by atoms with Gasteiger partial charge in [0.2, 0.25) is 5.88 Å². The van der Waals surface area contributed by atoms with E-state index in [1.54, 1.807) is 25.3 Å². The van der Waals surface area contributed by atoms with Crippen LogP contribution in [0.15, 0.2) is 42.7 Å². The molecular weight excluding hydrogens is 511 g/mol. The van der Waals surface area contributed by atoms with E-state index in [1.807, 2.05) is 26.0 Å². The number of carbonyl (C=O) groups is 1. The molecule has 0 bridgehead atoms. The third-order valence-corrected chi connectivity index (χ3v) is 6.43. The molecule has 1 N–H and O–H groups in total. The van der Waals surface area contributed by atoms with Crippen molar-refractivity contribution in [1.82, 2.24) is 24.9 Å². The second-order valence-corrected chi connectivity index (χ2v) is 9.53. The van der Waals surface area contributed by atoms with E-state index in [0.717, 1.165) is 16.8 Å². The van der Waals surface area contributed by atoms with Crippen molar-refractivity contribution in [3.05, 3.63) is 59.8 Å². The summed E-state index contributed by atoms with van der Waals surface area (Å²) in [5.41, 5.74) is 4.76. The van der Waals surface area contributed by atoms with Gasteiger partial charge in [0.1, 0.15) is 28.1 Å². The number of fused-ring (bicyclic) bond motifs is 2. The Labute approximate surface area is 220 Å². The molecule has 5 rings (SSSR count). The van der Waals surface area contributed by atoms with E-state index >= 15 is 0 Å². The minimum Gasteiger partial charge on any atom is -0.480 e. The summed E-state index contributed by atoms with van der Waals surface area (Å²) in [6.45, 7) is 5.33. The summed E-state index contributed by atoms with van der Waals surface area (Å²) < 4.78 is 30.8. The van der Waals surface area contributed by atoms with E-state index in [-0.39, 0.29) is 12.5 Å². The zero-order valence-corrected chi connectivity index (χ0v) is 21.8. The first-order valence-corrected chi connectivity index (χ1v) is 12.4. The fraction of sp³-hybridized carbons (Fsp3) is 0.231. The maximum Gasteiger partial charge on any atom is 0.412 e. The molecule has 194 valence electrons. The van der Waals surface area contributed by atoms with E-state index in [1.165, 1.54) is 30.7 Å². The van der Waals surface area contributed by atoms with Gasteiger partial charge in [-0.3, -0.25) is 10.3 Å². The number of methoxy groups -OCH3 is 1. The molecule has 5 aromatic rings. The van der Waals surface area contributed by atoms with Gasteiger partial charge < -0.3 is 14.2 Å². The van der Waals surface area contributed by atoms with Crippen LogP contribution in [0.3, 0.4) is 0 Å². The summed E-state index contributed by atoms with van der Waals surface area (Å²) in [5.74, 6) is -0.466. The molecule has 0 aliphatic carbocycles. The Hall–Kier alpha value is -4.45. The largest absolute Gasteiger partial charge is 0.480 e. The van der Waals surface area contributed by atoms with Gasteiger partial charge in [-0.2, -0.15) is 4.98 Å². The topological polar surface area (TPSA) is 121 Å². The second kappa shape index (κ2) is 10.5. The number of aromatic nitrogens is 5. The standard InChI is InChI=1S/C26H23FN6O4S/c1-13-7-17(22-19(8-13)31-21(35-4)11-29-22)24-32-20-9-18(27)23(33-25(20)38-24)36-12-15(3)37-26(34)30-16-6-5-14(2)28-10-16/h5-11,15H,12H2,1-4H3,(H,30,34)/t15-/m1/s1. The monoisotopic (exact) mass is 534 g/mol. The molecule has 0 saturated carbocycles. The summed E-state index contributed by atoms with van der Waals surface area (Å²) >= 11 is 1.28. The SMILES string of the molecule is COc1cnc2c(-c3nc4cc(F)c(OC[C@@H](C)OC(=O)Nc5ccc(C)nc5)nc4s3)cc(C)cc2n1. The highest BCUT2D eigenvalue weighted by Gasteiger charge is 2.18. The lowest BCUT2D eigenvalue weighted by atomic mass is 10.1. The molecule has 0 spiro atoms. The van der Waals surface area contributed by atoms with E-state index in [9.17, 15) is 9.18 Å². The zero-order valence-electron chi connectivity index (χ0n) is 21.0. The number of nitrogens with zero attached hydrogens (tertiary/aromatic N) is 5. The molecular formula is C26H23FN6O4S. The number of ether oxygens (including phenoxy) is 3. The number of carbonyl (C=O) groups excluding carboxylic acids is 1. The fourth-order valence-corrected chi connectivity index (χ4v) is 4.58. The van der Waals surface area contributed by atoms with Crippen LogP contribution < -0.4 is 14.8 Å². The summed E-state index contributed by atoms with van der Waals surface area (Å²) in [6.07, 6.45) is 1.73. The van der Waals surface area contributed by atoms with E-state index < -0.39 is 18.0 Å². The van der Waals surface area contributed by atoms with E-state index in [2.05, 4.69) is 30.2 Å². The van der Waals surface area contributed by atoms with Gasteiger partial charge in [-0.1, -0.05) is 11.3 Å². The molecule has 0 saturated heterocycles. The van der Waals surface area contributed by atoms with E-state index in [4.69, 9.17) is 14.2 Å². The fourth-order valence-electron chi connectivity index (χ4n) is 3.65. The Bertz CT molecular complexity index is 1640.